The average molecular weight is 536 g/mol. The third-order valence-electron chi connectivity index (χ3n) is 8.56. The molecule has 5 rings (SSSR count). The van der Waals surface area contributed by atoms with Crippen LogP contribution in [0.4, 0.5) is 5.69 Å². The number of aliphatic hydroxyl groups excluding tert-OH is 1. The number of thioether (sulfide) groups is 1. The molecule has 0 saturated carbocycles. The van der Waals surface area contributed by atoms with Crippen LogP contribution in [0.5, 0.6) is 0 Å². The van der Waals surface area contributed by atoms with E-state index in [0.29, 0.717) is 25.9 Å². The van der Waals surface area contributed by atoms with Crippen LogP contribution in [0.2, 0.25) is 0 Å². The van der Waals surface area contributed by atoms with Gasteiger partial charge >= 0.3 is 0 Å². The number of nitrogens with one attached hydrogen (secondary N) is 2. The fraction of sp³-hybridized carbons (Fsp3) is 0.500. The lowest BCUT2D eigenvalue weighted by Crippen LogP contribution is -2.55. The summed E-state index contributed by atoms with van der Waals surface area (Å²) in [5.41, 5.74) is 3.77. The van der Waals surface area contributed by atoms with E-state index in [4.69, 9.17) is 0 Å². The first-order chi connectivity index (χ1) is 18.3. The van der Waals surface area contributed by atoms with Crippen molar-refractivity contribution in [3.8, 4) is 0 Å². The Labute approximate surface area is 228 Å². The van der Waals surface area contributed by atoms with Gasteiger partial charge in [-0.2, -0.15) is 0 Å². The number of aliphatic hydroxyl groups is 1. The molecule has 0 radical (unpaired) electrons. The SMILES string of the molecule is Cc1ccc(C)c(NC(=O)C2N(CCCCO)C(=O)[C@@H]3[C@H](C(=O)NCc4ccccc4)[C@@H]4CC(C)C23S4)c1. The molecule has 3 aliphatic heterocycles. The van der Waals surface area contributed by atoms with E-state index in [0.717, 1.165) is 28.8 Å². The van der Waals surface area contributed by atoms with Crippen molar-refractivity contribution in [2.45, 2.75) is 62.6 Å². The van der Waals surface area contributed by atoms with Crippen LogP contribution in [0.3, 0.4) is 0 Å². The predicted octanol–water partition coefficient (Wildman–Crippen LogP) is 3.67. The van der Waals surface area contributed by atoms with Crippen LogP contribution < -0.4 is 10.6 Å². The van der Waals surface area contributed by atoms with E-state index in [-0.39, 0.29) is 35.5 Å². The summed E-state index contributed by atoms with van der Waals surface area (Å²) in [4.78, 5) is 43.4. The van der Waals surface area contributed by atoms with Gasteiger partial charge in [-0.05, 0) is 61.8 Å². The van der Waals surface area contributed by atoms with Crippen molar-refractivity contribution in [2.75, 3.05) is 18.5 Å². The highest BCUT2D eigenvalue weighted by molar-refractivity contribution is 8.02. The molecule has 3 N–H and O–H groups in total. The van der Waals surface area contributed by atoms with Gasteiger partial charge in [-0.3, -0.25) is 14.4 Å². The first kappa shape index (κ1) is 26.8. The summed E-state index contributed by atoms with van der Waals surface area (Å²) >= 11 is 1.68. The zero-order valence-corrected chi connectivity index (χ0v) is 23.1. The van der Waals surface area contributed by atoms with Crippen molar-refractivity contribution in [1.82, 2.24) is 10.2 Å². The van der Waals surface area contributed by atoms with Gasteiger partial charge in [-0.1, -0.05) is 49.4 Å². The van der Waals surface area contributed by atoms with Crippen molar-refractivity contribution in [3.05, 3.63) is 65.2 Å². The molecule has 38 heavy (non-hydrogen) atoms. The molecule has 2 bridgehead atoms. The largest absolute Gasteiger partial charge is 0.396 e. The molecule has 2 aromatic rings. The second-order valence-electron chi connectivity index (χ2n) is 11.0. The highest BCUT2D eigenvalue weighted by Gasteiger charge is 2.75. The van der Waals surface area contributed by atoms with Gasteiger partial charge in [0, 0.05) is 30.6 Å². The number of nitrogens with zero attached hydrogens (tertiary/aromatic N) is 1. The minimum atomic E-state index is -0.671. The molecule has 3 amide bonds. The Bertz CT molecular complexity index is 1220. The fourth-order valence-corrected chi connectivity index (χ4v) is 9.15. The van der Waals surface area contributed by atoms with Gasteiger partial charge in [-0.25, -0.2) is 0 Å². The quantitative estimate of drug-likeness (QED) is 0.426. The van der Waals surface area contributed by atoms with E-state index < -0.39 is 22.6 Å². The molecule has 202 valence electrons. The molecule has 8 heteroatoms. The van der Waals surface area contributed by atoms with Crippen molar-refractivity contribution >= 4 is 35.2 Å². The molecular formula is C30H37N3O4S. The average Bonchev–Trinajstić information content (AvgIpc) is 3.49. The Hall–Kier alpha value is -2.84. The van der Waals surface area contributed by atoms with Crippen LogP contribution in [0.15, 0.2) is 48.5 Å². The Morgan fingerprint density at radius 2 is 1.87 bits per heavy atom. The molecule has 7 nitrogen and oxygen atoms in total. The number of likely N-dealkylation sites (tertiary alicyclic amines) is 1. The maximum absolute atomic E-state index is 14.1. The molecule has 3 unspecified atom stereocenters. The van der Waals surface area contributed by atoms with Crippen LogP contribution in [0, 0.1) is 31.6 Å². The summed E-state index contributed by atoms with van der Waals surface area (Å²) in [6.45, 7) is 6.90. The lowest BCUT2D eigenvalue weighted by Gasteiger charge is -2.38. The van der Waals surface area contributed by atoms with E-state index in [2.05, 4.69) is 17.6 Å². The maximum Gasteiger partial charge on any atom is 0.248 e. The number of rotatable bonds is 9. The van der Waals surface area contributed by atoms with E-state index in [1.165, 1.54) is 0 Å². The normalized spacial score (nSPS) is 29.4. The van der Waals surface area contributed by atoms with E-state index in [9.17, 15) is 19.5 Å². The third kappa shape index (κ3) is 4.51. The summed E-state index contributed by atoms with van der Waals surface area (Å²) in [5.74, 6) is -1.30. The first-order valence-electron chi connectivity index (χ1n) is 13.6. The van der Waals surface area contributed by atoms with Crippen LogP contribution >= 0.6 is 11.8 Å². The number of hydrogen-bond acceptors (Lipinski definition) is 5. The highest BCUT2D eigenvalue weighted by atomic mass is 32.2. The van der Waals surface area contributed by atoms with Gasteiger partial charge in [0.15, 0.2) is 0 Å². The van der Waals surface area contributed by atoms with Gasteiger partial charge in [0.2, 0.25) is 17.7 Å². The number of anilines is 1. The van der Waals surface area contributed by atoms with Crippen LogP contribution in [0.25, 0.3) is 0 Å². The number of benzene rings is 2. The maximum atomic E-state index is 14.1. The molecular weight excluding hydrogens is 498 g/mol. The van der Waals surface area contributed by atoms with Gasteiger partial charge in [-0.15, -0.1) is 11.8 Å². The molecule has 3 fully saturated rings. The topological polar surface area (TPSA) is 98.7 Å². The zero-order valence-electron chi connectivity index (χ0n) is 22.3. The monoisotopic (exact) mass is 535 g/mol. The van der Waals surface area contributed by atoms with Gasteiger partial charge in [0.25, 0.3) is 0 Å². The van der Waals surface area contributed by atoms with E-state index in [1.54, 1.807) is 16.7 Å². The van der Waals surface area contributed by atoms with Gasteiger partial charge in [0.05, 0.1) is 16.6 Å². The smallest absolute Gasteiger partial charge is 0.248 e. The van der Waals surface area contributed by atoms with Crippen molar-refractivity contribution in [2.24, 2.45) is 17.8 Å². The number of carbonyl (C=O) groups excluding carboxylic acids is 3. The van der Waals surface area contributed by atoms with Crippen molar-refractivity contribution < 1.29 is 19.5 Å². The highest BCUT2D eigenvalue weighted by Crippen LogP contribution is 2.68. The summed E-state index contributed by atoms with van der Waals surface area (Å²) in [6, 6.07) is 15.0. The van der Waals surface area contributed by atoms with Crippen molar-refractivity contribution in [3.63, 3.8) is 0 Å². The zero-order chi connectivity index (χ0) is 27.0. The Morgan fingerprint density at radius 3 is 2.61 bits per heavy atom. The molecule has 2 aromatic carbocycles. The lowest BCUT2D eigenvalue weighted by atomic mass is 9.66. The number of fused-ring (bicyclic) bond motifs is 1. The minimum Gasteiger partial charge on any atom is -0.396 e. The van der Waals surface area contributed by atoms with Crippen LogP contribution in [0.1, 0.15) is 42.9 Å². The second-order valence-corrected chi connectivity index (χ2v) is 12.6. The number of aryl methyl sites for hydroxylation is 2. The molecule has 0 aliphatic carbocycles. The van der Waals surface area contributed by atoms with Crippen LogP contribution in [-0.2, 0) is 20.9 Å². The fourth-order valence-electron chi connectivity index (χ4n) is 6.73. The molecule has 1 spiro atoms. The molecule has 3 aliphatic rings. The van der Waals surface area contributed by atoms with E-state index in [1.807, 2.05) is 62.4 Å². The van der Waals surface area contributed by atoms with E-state index >= 15 is 0 Å². The Kier molecular flexibility index (Phi) is 7.56. The third-order valence-corrected chi connectivity index (χ3v) is 10.6. The Balaban J connectivity index is 1.45. The molecule has 6 atom stereocenters. The standard InChI is InChI=1S/C30H37N3O4S/c1-18-11-12-19(2)22(15-18)32-28(36)26-30-20(3)16-23(38-30)24(25(30)29(37)33(26)13-7-8-14-34)27(35)31-17-21-9-5-4-6-10-21/h4-6,9-12,15,20,23-26,34H,7-8,13-14,16-17H2,1-3H3,(H,31,35)(H,32,36)/t20?,23-,24+,25-,26?,30?/m0/s1. The van der Waals surface area contributed by atoms with Crippen LogP contribution in [-0.4, -0.2) is 56.9 Å². The number of unbranched alkanes of at least 4 members (excludes halogenated alkanes) is 1. The molecule has 0 aromatic heterocycles. The minimum absolute atomic E-state index is 0.00493. The lowest BCUT2D eigenvalue weighted by molar-refractivity contribution is -0.139. The van der Waals surface area contributed by atoms with Crippen molar-refractivity contribution in [1.29, 1.82) is 0 Å². The first-order valence-corrected chi connectivity index (χ1v) is 14.4. The summed E-state index contributed by atoms with van der Waals surface area (Å²) in [7, 11) is 0. The van der Waals surface area contributed by atoms with Gasteiger partial charge in [0.1, 0.15) is 6.04 Å². The number of carbonyl (C=O) groups is 3. The molecule has 3 saturated heterocycles. The second kappa shape index (κ2) is 10.7. The Morgan fingerprint density at radius 1 is 1.11 bits per heavy atom. The summed E-state index contributed by atoms with van der Waals surface area (Å²) in [6.07, 6.45) is 1.96. The van der Waals surface area contributed by atoms with Gasteiger partial charge < -0.3 is 20.6 Å². The predicted molar refractivity (Wildman–Crippen MR) is 150 cm³/mol. The summed E-state index contributed by atoms with van der Waals surface area (Å²) < 4.78 is -0.655. The number of amides is 3. The molecule has 3 heterocycles. The number of hydrogen-bond donors (Lipinski definition) is 3. The summed E-state index contributed by atoms with van der Waals surface area (Å²) in [5, 5.41) is 15.6.